The van der Waals surface area contributed by atoms with Crippen molar-refractivity contribution in [1.29, 1.82) is 0 Å². The number of esters is 5. The van der Waals surface area contributed by atoms with E-state index in [1.54, 1.807) is 11.8 Å². The van der Waals surface area contributed by atoms with Crippen molar-refractivity contribution in [3.63, 3.8) is 0 Å². The van der Waals surface area contributed by atoms with Gasteiger partial charge in [-0.05, 0) is 226 Å². The van der Waals surface area contributed by atoms with E-state index in [9.17, 15) is 53.7 Å². The summed E-state index contributed by atoms with van der Waals surface area (Å²) in [4.78, 5) is 110. The number of aliphatic carboxylic acids is 2. The molecule has 434 valence electrons. The number of piperidine rings is 1. The molecule has 0 radical (unpaired) electrons. The first-order valence-electron chi connectivity index (χ1n) is 30.2. The molecule has 1 amide bonds. The van der Waals surface area contributed by atoms with Crippen molar-refractivity contribution >= 4 is 47.9 Å². The molecule has 8 aliphatic carbocycles. The van der Waals surface area contributed by atoms with Crippen molar-refractivity contribution in [2.24, 2.45) is 136 Å². The summed E-state index contributed by atoms with van der Waals surface area (Å²) in [6.45, 7) is 15.4. The Labute approximate surface area is 460 Å². The van der Waals surface area contributed by atoms with Gasteiger partial charge in [0.15, 0.2) is 0 Å². The fourth-order valence-electron chi connectivity index (χ4n) is 19.7. The van der Waals surface area contributed by atoms with Crippen molar-refractivity contribution in [3.05, 3.63) is 0 Å². The molecule has 2 saturated heterocycles. The monoisotopic (exact) mass is 1090 g/mol. The van der Waals surface area contributed by atoms with E-state index < -0.39 is 88.6 Å². The predicted octanol–water partition coefficient (Wildman–Crippen LogP) is 8.45. The molecule has 0 aromatic carbocycles. The Morgan fingerprint density at radius 1 is 0.564 bits per heavy atom. The van der Waals surface area contributed by atoms with E-state index in [2.05, 4.69) is 6.92 Å². The summed E-state index contributed by atoms with van der Waals surface area (Å²) in [5, 5.41) is 31.6. The molecule has 2 aliphatic heterocycles. The highest BCUT2D eigenvalue weighted by atomic mass is 16.6. The standard InChI is InChI=1S/C61H89NO16/c1-28-30-17-38(49(18-30)57(71)77-60(3,4)5)34(28)23-36-32-20-40(48(22-32)55(69)75-16-14-63)41(36)25-37-31-19-39(47(21-31)52(64)65)42(37)26-44-43(24-35-29(2)54(68)76-56(35)70)46-27-45(44)50(53(66)67)51(46)58(72)74-15-12-33-11-9-10-13-62(33)59(73)78-61(6,7)8/h28-51,63H,9-27H2,1-8H3,(H,64,65)(H,66,67). The summed E-state index contributed by atoms with van der Waals surface area (Å²) in [6.07, 6.45) is 9.99. The molecule has 78 heavy (non-hydrogen) atoms. The number of hydrogen-bond acceptors (Lipinski definition) is 14. The van der Waals surface area contributed by atoms with E-state index >= 15 is 0 Å². The number of carbonyl (C=O) groups excluding carboxylic acids is 6. The zero-order valence-electron chi connectivity index (χ0n) is 47.4. The van der Waals surface area contributed by atoms with Crippen LogP contribution >= 0.6 is 0 Å². The number of aliphatic hydroxyl groups excluding tert-OH is 1. The van der Waals surface area contributed by atoms with Gasteiger partial charge in [0, 0.05) is 19.0 Å². The molecule has 3 N–H and O–H groups in total. The van der Waals surface area contributed by atoms with Crippen LogP contribution in [0.4, 0.5) is 4.79 Å². The normalized spacial score (nSPS) is 43.1. The predicted molar refractivity (Wildman–Crippen MR) is 279 cm³/mol. The maximum Gasteiger partial charge on any atom is 0.410 e. The number of amides is 1. The van der Waals surface area contributed by atoms with Crippen LogP contribution in [0.15, 0.2) is 0 Å². The van der Waals surface area contributed by atoms with Gasteiger partial charge in [0.25, 0.3) is 0 Å². The minimum Gasteiger partial charge on any atom is -0.481 e. The first-order chi connectivity index (χ1) is 36.8. The Hall–Kier alpha value is -4.28. The van der Waals surface area contributed by atoms with E-state index in [0.717, 1.165) is 51.4 Å². The maximum absolute atomic E-state index is 14.5. The van der Waals surface area contributed by atoms with E-state index in [4.69, 9.17) is 23.7 Å². The van der Waals surface area contributed by atoms with E-state index in [1.165, 1.54) is 0 Å². The molecular formula is C61H89NO16. The SMILES string of the molecule is CC1C(=O)OC(=O)C1CC1C(CC2C(CC3C(CC4C(C)C5CC(C(=O)OC(C)(C)C)C4C5)C4CC(C(=O)OCCO)C3C4)C3CC(C(=O)O)C2C3)C2CC1C(C(=O)OCCC1CCCCN1C(=O)OC(C)(C)C)C2C(=O)O. The second-order valence-corrected chi connectivity index (χ2v) is 28.6. The summed E-state index contributed by atoms with van der Waals surface area (Å²) in [6, 6.07) is -0.218. The Balaban J connectivity index is 0.921. The topological polar surface area (TPSA) is 247 Å². The molecule has 0 aromatic rings. The van der Waals surface area contributed by atoms with Crippen LogP contribution in [0.1, 0.15) is 152 Å². The highest BCUT2D eigenvalue weighted by molar-refractivity contribution is 5.96. The quantitative estimate of drug-likeness (QED) is 0.0662. The van der Waals surface area contributed by atoms with Crippen LogP contribution in [0.2, 0.25) is 0 Å². The lowest BCUT2D eigenvalue weighted by molar-refractivity contribution is -0.164. The van der Waals surface area contributed by atoms with Crippen molar-refractivity contribution < 1.29 is 77.4 Å². The van der Waals surface area contributed by atoms with Crippen LogP contribution in [0, 0.1) is 136 Å². The van der Waals surface area contributed by atoms with Crippen molar-refractivity contribution in [3.8, 4) is 0 Å². The maximum atomic E-state index is 14.5. The van der Waals surface area contributed by atoms with E-state index in [0.29, 0.717) is 62.8 Å². The van der Waals surface area contributed by atoms with Gasteiger partial charge < -0.3 is 43.9 Å². The van der Waals surface area contributed by atoms with Crippen LogP contribution in [0.5, 0.6) is 0 Å². The van der Waals surface area contributed by atoms with E-state index in [1.807, 2.05) is 41.5 Å². The molecule has 2 heterocycles. The number of rotatable bonds is 18. The molecule has 10 rings (SSSR count). The average molecular weight is 1090 g/mol. The molecule has 24 atom stereocenters. The fraction of sp³-hybridized carbons (Fsp3) is 0.869. The summed E-state index contributed by atoms with van der Waals surface area (Å²) < 4.78 is 28.5. The minimum absolute atomic E-state index is 0.0176. The number of carboxylic acids is 2. The van der Waals surface area contributed by atoms with E-state index in [-0.39, 0.29) is 121 Å². The first-order valence-corrected chi connectivity index (χ1v) is 30.2. The lowest BCUT2D eigenvalue weighted by Crippen LogP contribution is -2.47. The van der Waals surface area contributed by atoms with Crippen LogP contribution in [-0.2, 0) is 57.2 Å². The smallest absolute Gasteiger partial charge is 0.410 e. The van der Waals surface area contributed by atoms with Gasteiger partial charge >= 0.3 is 47.9 Å². The zero-order valence-corrected chi connectivity index (χ0v) is 47.4. The molecule has 10 aliphatic rings. The fourth-order valence-corrected chi connectivity index (χ4v) is 19.7. The Morgan fingerprint density at radius 2 is 1.10 bits per heavy atom. The second-order valence-electron chi connectivity index (χ2n) is 28.6. The lowest BCUT2D eigenvalue weighted by Gasteiger charge is -2.45. The van der Waals surface area contributed by atoms with Crippen LogP contribution in [0.3, 0.4) is 0 Å². The number of hydrogen-bond donors (Lipinski definition) is 3. The van der Waals surface area contributed by atoms with Gasteiger partial charge in [-0.3, -0.25) is 33.6 Å². The highest BCUT2D eigenvalue weighted by Gasteiger charge is 2.67. The Kier molecular flexibility index (Phi) is 16.0. The van der Waals surface area contributed by atoms with Gasteiger partial charge in [-0.25, -0.2) is 4.79 Å². The third-order valence-corrected chi connectivity index (χ3v) is 22.6. The van der Waals surface area contributed by atoms with Crippen molar-refractivity contribution in [2.75, 3.05) is 26.4 Å². The van der Waals surface area contributed by atoms with Gasteiger partial charge in [0.05, 0.1) is 54.6 Å². The largest absolute Gasteiger partial charge is 0.481 e. The van der Waals surface area contributed by atoms with Gasteiger partial charge in [-0.15, -0.1) is 0 Å². The molecule has 8 saturated carbocycles. The van der Waals surface area contributed by atoms with Crippen LogP contribution in [0.25, 0.3) is 0 Å². The van der Waals surface area contributed by atoms with Gasteiger partial charge in [0.2, 0.25) is 0 Å². The summed E-state index contributed by atoms with van der Waals surface area (Å²) in [7, 11) is 0. The first kappa shape index (κ1) is 57.0. The van der Waals surface area contributed by atoms with Gasteiger partial charge in [0.1, 0.15) is 17.8 Å². The lowest BCUT2D eigenvalue weighted by atomic mass is 9.58. The summed E-state index contributed by atoms with van der Waals surface area (Å²) in [5.41, 5.74) is -1.27. The highest BCUT2D eigenvalue weighted by Crippen LogP contribution is 2.69. The number of carbonyl (C=O) groups is 8. The second kappa shape index (κ2) is 21.9. The molecular weight excluding hydrogens is 1000 g/mol. The molecule has 0 aromatic heterocycles. The number of cyclic esters (lactones) is 2. The number of nitrogens with zero attached hydrogens (tertiary/aromatic N) is 1. The Bertz CT molecular complexity index is 2340. The number of aliphatic hydroxyl groups is 1. The molecule has 24 unspecified atom stereocenters. The number of ether oxygens (including phenoxy) is 5. The molecule has 10 fully saturated rings. The van der Waals surface area contributed by atoms with Crippen molar-refractivity contribution in [2.45, 2.75) is 169 Å². The number of fused-ring (bicyclic) bond motifs is 8. The molecule has 8 bridgehead atoms. The summed E-state index contributed by atoms with van der Waals surface area (Å²) >= 11 is 0. The van der Waals surface area contributed by atoms with Crippen molar-refractivity contribution in [1.82, 2.24) is 4.90 Å². The average Bonchev–Trinajstić information content (AvgIpc) is 4.26. The van der Waals surface area contributed by atoms with Crippen LogP contribution in [-0.4, -0.2) is 112 Å². The van der Waals surface area contributed by atoms with Gasteiger partial charge in [-0.2, -0.15) is 0 Å². The molecule has 17 heteroatoms. The molecule has 0 spiro atoms. The zero-order chi connectivity index (χ0) is 56.0. The van der Waals surface area contributed by atoms with Crippen LogP contribution < -0.4 is 0 Å². The number of likely N-dealkylation sites (tertiary alicyclic amines) is 1. The minimum atomic E-state index is -1.10. The number of carboxylic acid groups (broad SMARTS) is 2. The van der Waals surface area contributed by atoms with Gasteiger partial charge in [-0.1, -0.05) is 13.8 Å². The third-order valence-electron chi connectivity index (χ3n) is 22.6. The third kappa shape index (κ3) is 10.7. The Morgan fingerprint density at radius 3 is 1.71 bits per heavy atom. The summed E-state index contributed by atoms with van der Waals surface area (Å²) in [5.74, 6) is -8.32. The molecule has 17 nitrogen and oxygen atoms in total.